The molecule has 1 unspecified atom stereocenters. The minimum absolute atomic E-state index is 0. The van der Waals surface area contributed by atoms with Gasteiger partial charge in [0, 0.05) is 6.42 Å². The number of esters is 1. The summed E-state index contributed by atoms with van der Waals surface area (Å²) in [4.78, 5) is 11.9. The number of unbranched alkanes of at least 4 members (excludes halogenated alkanes) is 11. The highest BCUT2D eigenvalue weighted by Crippen LogP contribution is 2.16. The molecule has 0 aromatic carbocycles. The van der Waals surface area contributed by atoms with Gasteiger partial charge in [-0.2, -0.15) is 0 Å². The number of carbonyl (C=O) groups is 1. The molecule has 0 aliphatic carbocycles. The minimum Gasteiger partial charge on any atom is -1.00 e. The summed E-state index contributed by atoms with van der Waals surface area (Å²) in [5, 5.41) is 0. The van der Waals surface area contributed by atoms with Crippen molar-refractivity contribution in [3.8, 4) is 0 Å². The molecule has 0 aliphatic rings. The zero-order valence-corrected chi connectivity index (χ0v) is 18.5. The van der Waals surface area contributed by atoms with E-state index in [1.807, 2.05) is 0 Å². The Labute approximate surface area is 161 Å². The van der Waals surface area contributed by atoms with Crippen molar-refractivity contribution in [1.82, 2.24) is 0 Å². The number of halogens is 1. The number of methoxy groups -OCH3 is 1. The van der Waals surface area contributed by atoms with Crippen LogP contribution in [0.4, 0.5) is 0 Å². The molecule has 0 heterocycles. The van der Waals surface area contributed by atoms with Crippen molar-refractivity contribution < 1.29 is 31.0 Å². The highest BCUT2D eigenvalue weighted by atomic mass is 79.9. The van der Waals surface area contributed by atoms with Gasteiger partial charge < -0.3 is 26.2 Å². The molecule has 0 fully saturated rings. The van der Waals surface area contributed by atoms with Crippen molar-refractivity contribution in [1.29, 1.82) is 0 Å². The molecule has 0 radical (unpaired) electrons. The number of ether oxygens (including phenoxy) is 1. The molecule has 1 atom stereocenters. The predicted molar refractivity (Wildman–Crippen MR) is 99.5 cm³/mol. The van der Waals surface area contributed by atoms with Crippen molar-refractivity contribution in [2.24, 2.45) is 0 Å². The molecule has 146 valence electrons. The second-order valence-corrected chi connectivity index (χ2v) is 7.83. The van der Waals surface area contributed by atoms with Crippen molar-refractivity contribution in [2.45, 2.75) is 96.4 Å². The summed E-state index contributed by atoms with van der Waals surface area (Å²) in [6.07, 6.45) is 17.2. The van der Waals surface area contributed by atoms with Crippen LogP contribution in [-0.4, -0.2) is 44.7 Å². The smallest absolute Gasteiger partial charge is 0.364 e. The molecule has 3 nitrogen and oxygen atoms in total. The Morgan fingerprint density at radius 2 is 1.17 bits per heavy atom. The number of carbonyl (C=O) groups excluding carboxylic acids is 1. The fraction of sp³-hybridized carbons (Fsp3) is 0.950. The first-order valence-electron chi connectivity index (χ1n) is 9.82. The summed E-state index contributed by atoms with van der Waals surface area (Å²) in [5.74, 6) is -0.0689. The third kappa shape index (κ3) is 14.3. The zero-order chi connectivity index (χ0) is 17.6. The van der Waals surface area contributed by atoms with Crippen LogP contribution >= 0.6 is 0 Å². The molecule has 0 N–H and O–H groups in total. The van der Waals surface area contributed by atoms with Crippen LogP contribution in [0.5, 0.6) is 0 Å². The topological polar surface area (TPSA) is 26.3 Å². The molecule has 0 bridgehead atoms. The van der Waals surface area contributed by atoms with E-state index >= 15 is 0 Å². The number of likely N-dealkylation sites (N-methyl/N-ethyl adjacent to an activating group) is 1. The number of hydrogen-bond donors (Lipinski definition) is 0. The summed E-state index contributed by atoms with van der Waals surface area (Å²) in [5.41, 5.74) is 0. The van der Waals surface area contributed by atoms with Gasteiger partial charge in [0.1, 0.15) is 0 Å². The van der Waals surface area contributed by atoms with E-state index in [1.165, 1.54) is 77.7 Å². The lowest BCUT2D eigenvalue weighted by Gasteiger charge is -2.32. The first-order chi connectivity index (χ1) is 10.9. The van der Waals surface area contributed by atoms with E-state index in [2.05, 4.69) is 28.1 Å². The molecule has 0 amide bonds. The predicted octanol–water partition coefficient (Wildman–Crippen LogP) is 2.33. The molecule has 0 spiro atoms. The van der Waals surface area contributed by atoms with Crippen molar-refractivity contribution in [2.75, 3.05) is 28.3 Å². The third-order valence-electron chi connectivity index (χ3n) is 4.74. The minimum atomic E-state index is -0.0689. The maximum atomic E-state index is 11.9. The first kappa shape index (κ1) is 26.1. The Hall–Kier alpha value is -0.0900. The Balaban J connectivity index is 0. The van der Waals surface area contributed by atoms with Crippen molar-refractivity contribution >= 4 is 5.97 Å². The maximum Gasteiger partial charge on any atom is 0.364 e. The van der Waals surface area contributed by atoms with Crippen LogP contribution in [0.15, 0.2) is 0 Å². The van der Waals surface area contributed by atoms with Gasteiger partial charge in [-0.1, -0.05) is 77.6 Å². The SMILES string of the molecule is CCCCCCCCCCCCCCC(C(=O)OC)[N+](C)(C)C.[Br-]. The van der Waals surface area contributed by atoms with E-state index in [4.69, 9.17) is 4.74 Å². The van der Waals surface area contributed by atoms with Crippen LogP contribution in [0.25, 0.3) is 0 Å². The van der Waals surface area contributed by atoms with E-state index in [0.29, 0.717) is 4.48 Å². The van der Waals surface area contributed by atoms with Gasteiger partial charge in [-0.3, -0.25) is 0 Å². The number of rotatable bonds is 15. The Morgan fingerprint density at radius 1 is 0.792 bits per heavy atom. The van der Waals surface area contributed by atoms with Gasteiger partial charge in [-0.05, 0) is 6.42 Å². The van der Waals surface area contributed by atoms with E-state index in [-0.39, 0.29) is 29.0 Å². The van der Waals surface area contributed by atoms with Crippen LogP contribution < -0.4 is 17.0 Å². The summed E-state index contributed by atoms with van der Waals surface area (Å²) >= 11 is 0. The highest BCUT2D eigenvalue weighted by Gasteiger charge is 2.31. The molecule has 0 aliphatic heterocycles. The van der Waals surface area contributed by atoms with Gasteiger partial charge in [-0.15, -0.1) is 0 Å². The van der Waals surface area contributed by atoms with Gasteiger partial charge in [-0.25, -0.2) is 4.79 Å². The van der Waals surface area contributed by atoms with Crippen LogP contribution in [0.3, 0.4) is 0 Å². The average Bonchev–Trinajstić information content (AvgIpc) is 2.50. The second kappa shape index (κ2) is 16.4. The molecular formula is C20H42BrNO2. The number of hydrogen-bond acceptors (Lipinski definition) is 2. The van der Waals surface area contributed by atoms with Crippen LogP contribution in [-0.2, 0) is 9.53 Å². The Morgan fingerprint density at radius 3 is 1.50 bits per heavy atom. The van der Waals surface area contributed by atoms with Gasteiger partial charge in [0.25, 0.3) is 0 Å². The lowest BCUT2D eigenvalue weighted by Crippen LogP contribution is -3.00. The molecule has 0 saturated heterocycles. The summed E-state index contributed by atoms with van der Waals surface area (Å²) in [6, 6.07) is -0.0249. The first-order valence-corrected chi connectivity index (χ1v) is 9.82. The van der Waals surface area contributed by atoms with Crippen LogP contribution in [0.1, 0.15) is 90.4 Å². The number of nitrogens with zero attached hydrogens (tertiary/aromatic N) is 1. The highest BCUT2D eigenvalue weighted by molar-refractivity contribution is 5.74. The molecule has 4 heteroatoms. The van der Waals surface area contributed by atoms with Crippen LogP contribution in [0.2, 0.25) is 0 Å². The monoisotopic (exact) mass is 407 g/mol. The van der Waals surface area contributed by atoms with Crippen LogP contribution in [0, 0.1) is 0 Å². The van der Waals surface area contributed by atoms with E-state index in [9.17, 15) is 4.79 Å². The molecule has 0 aromatic heterocycles. The number of quaternary nitrogens is 1. The normalized spacial score (nSPS) is 12.5. The van der Waals surface area contributed by atoms with Gasteiger partial charge >= 0.3 is 5.97 Å². The van der Waals surface area contributed by atoms with Crippen molar-refractivity contribution in [3.05, 3.63) is 0 Å². The van der Waals surface area contributed by atoms with Gasteiger partial charge in [0.2, 0.25) is 0 Å². The Kier molecular flexibility index (Phi) is 17.8. The third-order valence-corrected chi connectivity index (χ3v) is 4.74. The fourth-order valence-electron chi connectivity index (χ4n) is 3.14. The summed E-state index contributed by atoms with van der Waals surface area (Å²) < 4.78 is 5.60. The molecule has 24 heavy (non-hydrogen) atoms. The molecule has 0 aromatic rings. The standard InChI is InChI=1S/C20H42NO2.BrH/c1-6-7-8-9-10-11-12-13-14-15-16-17-18-19(20(22)23-5)21(2,3)4;/h19H,6-18H2,1-5H3;1H/q+1;/p-1. The fourth-order valence-corrected chi connectivity index (χ4v) is 3.14. The van der Waals surface area contributed by atoms with Gasteiger partial charge in [0.15, 0.2) is 6.04 Å². The van der Waals surface area contributed by atoms with Gasteiger partial charge in [0.05, 0.1) is 28.3 Å². The lowest BCUT2D eigenvalue weighted by atomic mass is 10.0. The Bertz CT molecular complexity index is 290. The largest absolute Gasteiger partial charge is 1.00 e. The molecule has 0 saturated carbocycles. The lowest BCUT2D eigenvalue weighted by molar-refractivity contribution is -0.887. The summed E-state index contributed by atoms with van der Waals surface area (Å²) in [7, 11) is 7.71. The van der Waals surface area contributed by atoms with Crippen molar-refractivity contribution in [3.63, 3.8) is 0 Å². The maximum absolute atomic E-state index is 11.9. The average molecular weight is 408 g/mol. The summed E-state index contributed by atoms with van der Waals surface area (Å²) in [6.45, 7) is 2.27. The quantitative estimate of drug-likeness (QED) is 0.236. The molecule has 0 rings (SSSR count). The molecular weight excluding hydrogens is 366 g/mol. The van der Waals surface area contributed by atoms with E-state index in [1.54, 1.807) is 0 Å². The van der Waals surface area contributed by atoms with E-state index in [0.717, 1.165) is 12.8 Å². The van der Waals surface area contributed by atoms with E-state index < -0.39 is 0 Å². The zero-order valence-electron chi connectivity index (χ0n) is 16.9. The second-order valence-electron chi connectivity index (χ2n) is 7.83.